The van der Waals surface area contributed by atoms with E-state index in [9.17, 15) is 10.1 Å². The Kier molecular flexibility index (Phi) is 4.82. The molecule has 0 saturated carbocycles. The van der Waals surface area contributed by atoms with Gasteiger partial charge < -0.3 is 10.1 Å². The van der Waals surface area contributed by atoms with Gasteiger partial charge in [-0.2, -0.15) is 0 Å². The van der Waals surface area contributed by atoms with Crippen LogP contribution in [0.4, 0.5) is 11.5 Å². The van der Waals surface area contributed by atoms with Gasteiger partial charge in [-0.15, -0.1) is 0 Å². The fourth-order valence-corrected chi connectivity index (χ4v) is 2.16. The maximum Gasteiger partial charge on any atom is 0.311 e. The van der Waals surface area contributed by atoms with Crippen molar-refractivity contribution < 1.29 is 9.66 Å². The first-order chi connectivity index (χ1) is 10.0. The van der Waals surface area contributed by atoms with E-state index in [-0.39, 0.29) is 23.2 Å². The molecule has 21 heavy (non-hydrogen) atoms. The molecule has 0 aliphatic rings. The zero-order valence-corrected chi connectivity index (χ0v) is 12.5. The van der Waals surface area contributed by atoms with Crippen molar-refractivity contribution in [3.63, 3.8) is 0 Å². The summed E-state index contributed by atoms with van der Waals surface area (Å²) in [6, 6.07) is 7.87. The number of ether oxygens (including phenoxy) is 1. The number of hydrogen-bond donors (Lipinski definition) is 1. The number of aromatic nitrogens is 1. The Hall–Kier alpha value is -2.05. The van der Waals surface area contributed by atoms with Crippen LogP contribution < -0.4 is 10.1 Å². The molecule has 2 aromatic rings. The Morgan fingerprint density at radius 2 is 2.10 bits per heavy atom. The Labute approximate surface area is 130 Å². The highest BCUT2D eigenvalue weighted by atomic mass is 35.5. The largest absolute Gasteiger partial charge is 0.496 e. The summed E-state index contributed by atoms with van der Waals surface area (Å²) in [6.45, 7) is 0.219. The number of nitro groups is 1. The van der Waals surface area contributed by atoms with Gasteiger partial charge in [0.1, 0.15) is 10.9 Å². The minimum absolute atomic E-state index is 0.0782. The summed E-state index contributed by atoms with van der Waals surface area (Å²) >= 11 is 11.9. The van der Waals surface area contributed by atoms with Gasteiger partial charge >= 0.3 is 5.69 Å². The molecule has 0 saturated heterocycles. The molecule has 0 unspecified atom stereocenters. The van der Waals surface area contributed by atoms with Crippen LogP contribution in [-0.2, 0) is 6.54 Å². The molecule has 0 atom stereocenters. The van der Waals surface area contributed by atoms with Crippen LogP contribution in [0.15, 0.2) is 30.3 Å². The van der Waals surface area contributed by atoms with Crippen LogP contribution in [0.25, 0.3) is 0 Å². The Morgan fingerprint density at radius 1 is 1.33 bits per heavy atom. The third-order valence-corrected chi connectivity index (χ3v) is 3.33. The summed E-state index contributed by atoms with van der Waals surface area (Å²) in [4.78, 5) is 14.4. The molecule has 1 heterocycles. The van der Waals surface area contributed by atoms with Gasteiger partial charge in [0.05, 0.1) is 12.0 Å². The smallest absolute Gasteiger partial charge is 0.311 e. The lowest BCUT2D eigenvalue weighted by Gasteiger charge is -2.12. The van der Waals surface area contributed by atoms with Gasteiger partial charge in [-0.05, 0) is 18.2 Å². The number of hydrogen-bond acceptors (Lipinski definition) is 5. The lowest BCUT2D eigenvalue weighted by molar-refractivity contribution is -0.384. The highest BCUT2D eigenvalue weighted by Crippen LogP contribution is 2.29. The van der Waals surface area contributed by atoms with E-state index in [2.05, 4.69) is 10.3 Å². The summed E-state index contributed by atoms with van der Waals surface area (Å²) < 4.78 is 5.21. The van der Waals surface area contributed by atoms with E-state index in [1.54, 1.807) is 18.2 Å². The monoisotopic (exact) mass is 327 g/mol. The van der Waals surface area contributed by atoms with Crippen LogP contribution in [0.2, 0.25) is 10.2 Å². The molecule has 0 aliphatic heterocycles. The summed E-state index contributed by atoms with van der Waals surface area (Å²) in [5.41, 5.74) is 0.517. The highest BCUT2D eigenvalue weighted by Gasteiger charge is 2.16. The van der Waals surface area contributed by atoms with Crippen molar-refractivity contribution in [2.24, 2.45) is 0 Å². The van der Waals surface area contributed by atoms with E-state index in [1.165, 1.54) is 19.2 Å². The number of nitrogens with zero attached hydrogens (tertiary/aromatic N) is 2. The molecule has 110 valence electrons. The SMILES string of the molecule is COc1cccc(Cl)c1CNc1nc(Cl)ccc1[N+](=O)[O-]. The number of nitrogens with one attached hydrogen (secondary N) is 1. The number of methoxy groups -OCH3 is 1. The number of anilines is 1. The van der Waals surface area contributed by atoms with Crippen molar-refractivity contribution >= 4 is 34.7 Å². The van der Waals surface area contributed by atoms with Crippen LogP contribution in [0, 0.1) is 10.1 Å². The molecule has 1 aromatic carbocycles. The predicted molar refractivity (Wildman–Crippen MR) is 81.2 cm³/mol. The van der Waals surface area contributed by atoms with Crippen LogP contribution in [-0.4, -0.2) is 17.0 Å². The van der Waals surface area contributed by atoms with E-state index in [0.29, 0.717) is 16.3 Å². The van der Waals surface area contributed by atoms with E-state index in [1.807, 2.05) is 0 Å². The second-order valence-electron chi connectivity index (χ2n) is 4.03. The van der Waals surface area contributed by atoms with Crippen molar-refractivity contribution in [2.45, 2.75) is 6.54 Å². The standard InChI is InChI=1S/C13H11Cl2N3O3/c1-21-11-4-2-3-9(14)8(11)7-16-13-10(18(19)20)5-6-12(15)17-13/h2-6H,7H2,1H3,(H,16,17). The first kappa shape index (κ1) is 15.3. The first-order valence-corrected chi connectivity index (χ1v) is 6.64. The van der Waals surface area contributed by atoms with Crippen LogP contribution >= 0.6 is 23.2 Å². The quantitative estimate of drug-likeness (QED) is 0.511. The van der Waals surface area contributed by atoms with E-state index >= 15 is 0 Å². The van der Waals surface area contributed by atoms with Gasteiger partial charge in [-0.25, -0.2) is 4.98 Å². The summed E-state index contributed by atoms with van der Waals surface area (Å²) in [6.07, 6.45) is 0. The van der Waals surface area contributed by atoms with Crippen molar-refractivity contribution in [1.82, 2.24) is 4.98 Å². The minimum Gasteiger partial charge on any atom is -0.496 e. The van der Waals surface area contributed by atoms with Crippen molar-refractivity contribution in [1.29, 1.82) is 0 Å². The van der Waals surface area contributed by atoms with Crippen LogP contribution in [0.1, 0.15) is 5.56 Å². The molecule has 1 aromatic heterocycles. The third kappa shape index (κ3) is 3.53. The predicted octanol–water partition coefficient (Wildman–Crippen LogP) is 3.92. The topological polar surface area (TPSA) is 77.3 Å². The summed E-state index contributed by atoms with van der Waals surface area (Å²) in [5, 5.41) is 14.5. The van der Waals surface area contributed by atoms with Gasteiger partial charge in [0.15, 0.2) is 0 Å². The average molecular weight is 328 g/mol. The molecule has 0 fully saturated rings. The molecule has 1 N–H and O–H groups in total. The maximum atomic E-state index is 11.0. The fourth-order valence-electron chi connectivity index (χ4n) is 1.78. The Bertz CT molecular complexity index is 680. The summed E-state index contributed by atoms with van der Waals surface area (Å²) in [5.74, 6) is 0.661. The number of pyridine rings is 1. The molecule has 0 aliphatic carbocycles. The summed E-state index contributed by atoms with van der Waals surface area (Å²) in [7, 11) is 1.52. The van der Waals surface area contributed by atoms with Gasteiger partial charge in [-0.1, -0.05) is 29.3 Å². The Balaban J connectivity index is 2.28. The normalized spacial score (nSPS) is 10.2. The van der Waals surface area contributed by atoms with E-state index < -0.39 is 4.92 Å². The second-order valence-corrected chi connectivity index (χ2v) is 4.83. The highest BCUT2D eigenvalue weighted by molar-refractivity contribution is 6.31. The molecular weight excluding hydrogens is 317 g/mol. The van der Waals surface area contributed by atoms with Gasteiger partial charge in [0, 0.05) is 23.2 Å². The third-order valence-electron chi connectivity index (χ3n) is 2.77. The van der Waals surface area contributed by atoms with Crippen LogP contribution in [0.5, 0.6) is 5.75 Å². The second kappa shape index (κ2) is 6.60. The lowest BCUT2D eigenvalue weighted by Crippen LogP contribution is -2.06. The van der Waals surface area contributed by atoms with Gasteiger partial charge in [0.25, 0.3) is 0 Å². The molecule has 6 nitrogen and oxygen atoms in total. The number of rotatable bonds is 5. The zero-order chi connectivity index (χ0) is 15.4. The van der Waals surface area contributed by atoms with Crippen molar-refractivity contribution in [3.8, 4) is 5.75 Å². The van der Waals surface area contributed by atoms with E-state index in [0.717, 1.165) is 0 Å². The van der Waals surface area contributed by atoms with Crippen molar-refractivity contribution in [3.05, 3.63) is 56.2 Å². The average Bonchev–Trinajstić information content (AvgIpc) is 2.45. The first-order valence-electron chi connectivity index (χ1n) is 5.89. The minimum atomic E-state index is -0.532. The molecule has 0 bridgehead atoms. The lowest BCUT2D eigenvalue weighted by atomic mass is 10.2. The molecule has 8 heteroatoms. The molecule has 2 rings (SSSR count). The molecule has 0 radical (unpaired) electrons. The molecule has 0 amide bonds. The number of benzene rings is 1. The molecule has 0 spiro atoms. The van der Waals surface area contributed by atoms with Gasteiger partial charge in [-0.3, -0.25) is 10.1 Å². The fraction of sp³-hybridized carbons (Fsp3) is 0.154. The Morgan fingerprint density at radius 3 is 2.76 bits per heavy atom. The van der Waals surface area contributed by atoms with E-state index in [4.69, 9.17) is 27.9 Å². The zero-order valence-electron chi connectivity index (χ0n) is 11.0. The molecular formula is C13H11Cl2N3O3. The maximum absolute atomic E-state index is 11.0. The number of halogens is 2. The van der Waals surface area contributed by atoms with Crippen LogP contribution in [0.3, 0.4) is 0 Å². The van der Waals surface area contributed by atoms with Gasteiger partial charge in [0.2, 0.25) is 5.82 Å². The van der Waals surface area contributed by atoms with Crippen molar-refractivity contribution in [2.75, 3.05) is 12.4 Å².